The van der Waals surface area contributed by atoms with Crippen LogP contribution in [0, 0.1) is 5.82 Å². The number of hydrogen-bond acceptors (Lipinski definition) is 5. The number of hydrogen-bond donors (Lipinski definition) is 2. The summed E-state index contributed by atoms with van der Waals surface area (Å²) in [5, 5.41) is 2.78. The van der Waals surface area contributed by atoms with Crippen LogP contribution < -0.4 is 19.5 Å². The van der Waals surface area contributed by atoms with Crippen LogP contribution in [0.15, 0.2) is 42.5 Å². The van der Waals surface area contributed by atoms with E-state index in [0.717, 1.165) is 11.1 Å². The summed E-state index contributed by atoms with van der Waals surface area (Å²) in [4.78, 5) is 12.3. The Bertz CT molecular complexity index is 1010. The Morgan fingerprint density at radius 2 is 1.79 bits per heavy atom. The Morgan fingerprint density at radius 1 is 1.09 bits per heavy atom. The van der Waals surface area contributed by atoms with E-state index in [-0.39, 0.29) is 23.4 Å². The van der Waals surface area contributed by atoms with Gasteiger partial charge in [0.25, 0.3) is 0 Å². The van der Waals surface area contributed by atoms with Crippen molar-refractivity contribution in [3.63, 3.8) is 0 Å². The quantitative estimate of drug-likeness (QED) is 0.458. The van der Waals surface area contributed by atoms with E-state index < -0.39 is 16.1 Å². The molecule has 0 fully saturated rings. The molecule has 0 aliphatic rings. The molecule has 1 unspecified atom stereocenters. The third-order valence-electron chi connectivity index (χ3n) is 5.30. The third kappa shape index (κ3) is 8.33. The molecular formula is C24H33FN2O5S. The summed E-state index contributed by atoms with van der Waals surface area (Å²) >= 11 is 0. The van der Waals surface area contributed by atoms with Crippen molar-refractivity contribution in [2.75, 3.05) is 26.0 Å². The zero-order valence-electron chi connectivity index (χ0n) is 19.6. The van der Waals surface area contributed by atoms with Crippen LogP contribution in [0.3, 0.4) is 0 Å². The van der Waals surface area contributed by atoms with Gasteiger partial charge >= 0.3 is 0 Å². The maximum atomic E-state index is 13.1. The zero-order chi connectivity index (χ0) is 24.4. The monoisotopic (exact) mass is 480 g/mol. The molecule has 2 aromatic carbocycles. The number of carbonyl (C=O) groups is 1. The van der Waals surface area contributed by atoms with Crippen LogP contribution >= 0.6 is 0 Å². The fraction of sp³-hybridized carbons (Fsp3) is 0.458. The van der Waals surface area contributed by atoms with Gasteiger partial charge in [-0.2, -0.15) is 0 Å². The van der Waals surface area contributed by atoms with Gasteiger partial charge in [-0.1, -0.05) is 32.0 Å². The fourth-order valence-electron chi connectivity index (χ4n) is 3.16. The molecule has 0 aliphatic heterocycles. The molecule has 0 saturated carbocycles. The van der Waals surface area contributed by atoms with Gasteiger partial charge in [-0.25, -0.2) is 17.5 Å². The number of benzene rings is 2. The highest BCUT2D eigenvalue weighted by molar-refractivity contribution is 7.89. The van der Waals surface area contributed by atoms with Crippen molar-refractivity contribution in [3.05, 3.63) is 59.4 Å². The maximum absolute atomic E-state index is 13.1. The molecule has 1 amide bonds. The second-order valence-corrected chi connectivity index (χ2v) is 9.81. The SMILES string of the molecule is CC[C@H](NS(=O)(=O)CC)C(=O)NCCc1ccc(OCC(C)c2ccc(F)cc2)c(OC)c1. The lowest BCUT2D eigenvalue weighted by Gasteiger charge is -2.17. The second-order valence-electron chi connectivity index (χ2n) is 7.77. The van der Waals surface area contributed by atoms with Crippen LogP contribution in [-0.4, -0.2) is 46.4 Å². The molecule has 0 spiro atoms. The number of nitrogens with one attached hydrogen (secondary N) is 2. The second kappa shape index (κ2) is 12.6. The molecular weight excluding hydrogens is 447 g/mol. The highest BCUT2D eigenvalue weighted by atomic mass is 32.2. The zero-order valence-corrected chi connectivity index (χ0v) is 20.4. The lowest BCUT2D eigenvalue weighted by Crippen LogP contribution is -2.47. The predicted molar refractivity (Wildman–Crippen MR) is 127 cm³/mol. The summed E-state index contributed by atoms with van der Waals surface area (Å²) in [7, 11) is -1.90. The highest BCUT2D eigenvalue weighted by Gasteiger charge is 2.21. The number of sulfonamides is 1. The Labute approximate surface area is 195 Å². The smallest absolute Gasteiger partial charge is 0.238 e. The van der Waals surface area contributed by atoms with Crippen molar-refractivity contribution in [3.8, 4) is 11.5 Å². The van der Waals surface area contributed by atoms with Gasteiger partial charge < -0.3 is 14.8 Å². The van der Waals surface area contributed by atoms with Crippen molar-refractivity contribution in [2.24, 2.45) is 0 Å². The molecule has 0 heterocycles. The molecule has 2 atom stereocenters. The fourth-order valence-corrected chi connectivity index (χ4v) is 4.04. The van der Waals surface area contributed by atoms with Gasteiger partial charge in [-0.05, 0) is 55.2 Å². The maximum Gasteiger partial charge on any atom is 0.238 e. The van der Waals surface area contributed by atoms with Crippen LogP contribution in [0.5, 0.6) is 11.5 Å². The van der Waals surface area contributed by atoms with E-state index in [0.29, 0.717) is 37.5 Å². The van der Waals surface area contributed by atoms with E-state index in [9.17, 15) is 17.6 Å². The molecule has 9 heteroatoms. The largest absolute Gasteiger partial charge is 0.493 e. The number of methoxy groups -OCH3 is 1. The van der Waals surface area contributed by atoms with Crippen LogP contribution in [0.1, 0.15) is 44.2 Å². The predicted octanol–water partition coefficient (Wildman–Crippen LogP) is 3.39. The number of amides is 1. The normalized spacial score (nSPS) is 13.2. The molecule has 0 aliphatic carbocycles. The standard InChI is InChI=1S/C24H33FN2O5S/c1-5-21(27-33(29,30)6-2)24(28)26-14-13-18-7-12-22(23(15-18)31-4)32-16-17(3)19-8-10-20(25)11-9-19/h7-12,15,17,21,27H,5-6,13-14,16H2,1-4H3,(H,26,28)/t17?,21-/m0/s1. The summed E-state index contributed by atoms with van der Waals surface area (Å²) < 4.78 is 50.3. The molecule has 33 heavy (non-hydrogen) atoms. The minimum atomic E-state index is -3.46. The molecule has 7 nitrogen and oxygen atoms in total. The van der Waals surface area contributed by atoms with Gasteiger partial charge in [-0.15, -0.1) is 0 Å². The van der Waals surface area contributed by atoms with E-state index in [1.54, 1.807) is 26.2 Å². The molecule has 0 radical (unpaired) electrons. The van der Waals surface area contributed by atoms with Gasteiger partial charge in [0, 0.05) is 12.5 Å². The summed E-state index contributed by atoms with van der Waals surface area (Å²) in [6, 6.07) is 11.1. The molecule has 0 aromatic heterocycles. The number of carbonyl (C=O) groups excluding carboxylic acids is 1. The van der Waals surface area contributed by atoms with Gasteiger partial charge in [0.15, 0.2) is 11.5 Å². The Hall–Kier alpha value is -2.65. The topological polar surface area (TPSA) is 93.7 Å². The lowest BCUT2D eigenvalue weighted by atomic mass is 10.0. The molecule has 2 rings (SSSR count). The first-order valence-electron chi connectivity index (χ1n) is 11.0. The summed E-state index contributed by atoms with van der Waals surface area (Å²) in [6.07, 6.45) is 0.909. The van der Waals surface area contributed by atoms with Crippen molar-refractivity contribution >= 4 is 15.9 Å². The first-order chi connectivity index (χ1) is 15.7. The van der Waals surface area contributed by atoms with E-state index in [1.807, 2.05) is 25.1 Å². The summed E-state index contributed by atoms with van der Waals surface area (Å²) in [5.41, 5.74) is 1.92. The number of ether oxygens (including phenoxy) is 2. The Morgan fingerprint density at radius 3 is 2.39 bits per heavy atom. The van der Waals surface area contributed by atoms with Gasteiger partial charge in [0.05, 0.1) is 19.5 Å². The summed E-state index contributed by atoms with van der Waals surface area (Å²) in [6.45, 7) is 6.04. The van der Waals surface area contributed by atoms with Crippen LogP contribution in [-0.2, 0) is 21.2 Å². The van der Waals surface area contributed by atoms with Gasteiger partial charge in [-0.3, -0.25) is 4.79 Å². The number of rotatable bonds is 13. The molecule has 182 valence electrons. The minimum absolute atomic E-state index is 0.0711. The van der Waals surface area contributed by atoms with Gasteiger partial charge in [0.2, 0.25) is 15.9 Å². The minimum Gasteiger partial charge on any atom is -0.493 e. The average Bonchev–Trinajstić information content (AvgIpc) is 2.81. The van der Waals surface area contributed by atoms with Crippen molar-refractivity contribution < 1.29 is 27.1 Å². The van der Waals surface area contributed by atoms with E-state index >= 15 is 0 Å². The first-order valence-corrected chi connectivity index (χ1v) is 12.7. The first kappa shape index (κ1) is 26.6. The van der Waals surface area contributed by atoms with E-state index in [2.05, 4.69) is 10.0 Å². The Balaban J connectivity index is 1.90. The van der Waals surface area contributed by atoms with Crippen molar-refractivity contribution in [1.29, 1.82) is 0 Å². The van der Waals surface area contributed by atoms with E-state index in [1.165, 1.54) is 19.1 Å². The van der Waals surface area contributed by atoms with Crippen LogP contribution in [0.25, 0.3) is 0 Å². The van der Waals surface area contributed by atoms with Crippen LogP contribution in [0.2, 0.25) is 0 Å². The van der Waals surface area contributed by atoms with Crippen molar-refractivity contribution in [1.82, 2.24) is 10.0 Å². The molecule has 2 N–H and O–H groups in total. The van der Waals surface area contributed by atoms with Crippen LogP contribution in [0.4, 0.5) is 4.39 Å². The lowest BCUT2D eigenvalue weighted by molar-refractivity contribution is -0.122. The summed E-state index contributed by atoms with van der Waals surface area (Å²) in [5.74, 6) is 0.547. The average molecular weight is 481 g/mol. The Kier molecular flexibility index (Phi) is 10.1. The molecule has 0 bridgehead atoms. The third-order valence-corrected chi connectivity index (χ3v) is 6.70. The van der Waals surface area contributed by atoms with E-state index in [4.69, 9.17) is 9.47 Å². The highest BCUT2D eigenvalue weighted by Crippen LogP contribution is 2.29. The number of halogens is 1. The molecule has 2 aromatic rings. The molecule has 0 saturated heterocycles. The van der Waals surface area contributed by atoms with Crippen molar-refractivity contribution in [2.45, 2.75) is 45.6 Å². The van der Waals surface area contributed by atoms with Gasteiger partial charge in [0.1, 0.15) is 11.9 Å².